The number of nitrogens with zero attached hydrogens (tertiary/aromatic N) is 4. The monoisotopic (exact) mass is 422 g/mol. The van der Waals surface area contributed by atoms with E-state index in [4.69, 9.17) is 0 Å². The Balaban J connectivity index is 1.51. The zero-order chi connectivity index (χ0) is 21.8. The van der Waals surface area contributed by atoms with E-state index in [-0.39, 0.29) is 5.82 Å². The van der Waals surface area contributed by atoms with Crippen LogP contribution in [0.1, 0.15) is 5.56 Å². The molecule has 0 fully saturated rings. The molecule has 32 heavy (non-hydrogen) atoms. The SMILES string of the molecule is Cc1cc(F)cc(-c2cncc3[nH]c(-c4n[nH]c5ccc(-c6cnn(C)c6)cc45)cc23)c1. The van der Waals surface area contributed by atoms with Crippen LogP contribution in [-0.2, 0) is 7.05 Å². The number of rotatable bonds is 3. The molecule has 0 atom stereocenters. The number of fused-ring (bicyclic) bond motifs is 2. The summed E-state index contributed by atoms with van der Waals surface area (Å²) in [6.07, 6.45) is 7.40. The van der Waals surface area contributed by atoms with Crippen molar-refractivity contribution in [3.8, 4) is 33.6 Å². The Morgan fingerprint density at radius 1 is 0.875 bits per heavy atom. The van der Waals surface area contributed by atoms with Crippen LogP contribution in [0.25, 0.3) is 55.4 Å². The molecule has 4 aromatic heterocycles. The zero-order valence-electron chi connectivity index (χ0n) is 17.5. The molecule has 0 aliphatic heterocycles. The highest BCUT2D eigenvalue weighted by Crippen LogP contribution is 2.35. The van der Waals surface area contributed by atoms with Crippen LogP contribution in [0.2, 0.25) is 0 Å². The third-order valence-corrected chi connectivity index (χ3v) is 5.75. The van der Waals surface area contributed by atoms with E-state index in [2.05, 4.69) is 43.5 Å². The zero-order valence-corrected chi connectivity index (χ0v) is 17.5. The first kappa shape index (κ1) is 18.5. The molecule has 6 rings (SSSR count). The Labute approximate surface area is 182 Å². The fourth-order valence-corrected chi connectivity index (χ4v) is 4.27. The van der Waals surface area contributed by atoms with E-state index < -0.39 is 0 Å². The van der Waals surface area contributed by atoms with Crippen LogP contribution in [0.15, 0.2) is 67.3 Å². The quantitative estimate of drug-likeness (QED) is 0.389. The van der Waals surface area contributed by atoms with Crippen LogP contribution in [0, 0.1) is 12.7 Å². The molecule has 0 saturated carbocycles. The Morgan fingerprint density at radius 2 is 1.78 bits per heavy atom. The minimum Gasteiger partial charge on any atom is -0.352 e. The van der Waals surface area contributed by atoms with Gasteiger partial charge in [-0.3, -0.25) is 14.8 Å². The van der Waals surface area contributed by atoms with Gasteiger partial charge in [0.05, 0.1) is 29.1 Å². The molecular weight excluding hydrogens is 403 g/mol. The van der Waals surface area contributed by atoms with Gasteiger partial charge in [0.25, 0.3) is 0 Å². The molecule has 0 saturated heterocycles. The van der Waals surface area contributed by atoms with Crippen molar-refractivity contribution in [3.63, 3.8) is 0 Å². The van der Waals surface area contributed by atoms with E-state index in [1.165, 1.54) is 6.07 Å². The number of nitrogens with one attached hydrogen (secondary N) is 2. The fraction of sp³-hybridized carbons (Fsp3) is 0.0800. The van der Waals surface area contributed by atoms with Gasteiger partial charge >= 0.3 is 0 Å². The molecule has 0 radical (unpaired) electrons. The number of aromatic nitrogens is 6. The van der Waals surface area contributed by atoms with Crippen molar-refractivity contribution in [1.82, 2.24) is 29.9 Å². The number of hydrogen-bond donors (Lipinski definition) is 2. The molecule has 0 unspecified atom stereocenters. The van der Waals surface area contributed by atoms with E-state index in [1.54, 1.807) is 23.1 Å². The van der Waals surface area contributed by atoms with Gasteiger partial charge in [0.15, 0.2) is 0 Å². The lowest BCUT2D eigenvalue weighted by Gasteiger charge is -2.05. The summed E-state index contributed by atoms with van der Waals surface area (Å²) in [7, 11) is 1.90. The minimum absolute atomic E-state index is 0.256. The average Bonchev–Trinajstić information content (AvgIpc) is 3.49. The number of aromatic amines is 2. The largest absolute Gasteiger partial charge is 0.352 e. The van der Waals surface area contributed by atoms with Crippen LogP contribution in [0.4, 0.5) is 4.39 Å². The highest BCUT2D eigenvalue weighted by Gasteiger charge is 2.15. The molecule has 156 valence electrons. The van der Waals surface area contributed by atoms with Crippen molar-refractivity contribution in [3.05, 3.63) is 78.6 Å². The number of aryl methyl sites for hydroxylation is 2. The molecule has 6 nitrogen and oxygen atoms in total. The van der Waals surface area contributed by atoms with E-state index in [1.807, 2.05) is 38.5 Å². The van der Waals surface area contributed by atoms with Crippen LogP contribution >= 0.6 is 0 Å². The Bertz CT molecular complexity index is 1600. The Kier molecular flexibility index (Phi) is 3.98. The first-order valence-electron chi connectivity index (χ1n) is 10.3. The van der Waals surface area contributed by atoms with Gasteiger partial charge in [-0.2, -0.15) is 10.2 Å². The Hall–Kier alpha value is -4.26. The van der Waals surface area contributed by atoms with Gasteiger partial charge in [0.2, 0.25) is 0 Å². The normalized spacial score (nSPS) is 11.6. The number of pyridine rings is 1. The smallest absolute Gasteiger partial charge is 0.124 e. The van der Waals surface area contributed by atoms with Crippen LogP contribution in [0.3, 0.4) is 0 Å². The molecule has 2 N–H and O–H groups in total. The number of H-pyrrole nitrogens is 2. The molecule has 7 heteroatoms. The molecule has 4 heterocycles. The molecule has 0 amide bonds. The lowest BCUT2D eigenvalue weighted by molar-refractivity contribution is 0.627. The van der Waals surface area contributed by atoms with Crippen molar-refractivity contribution in [1.29, 1.82) is 0 Å². The summed E-state index contributed by atoms with van der Waals surface area (Å²) < 4.78 is 15.8. The number of benzene rings is 2. The predicted octanol–water partition coefficient (Wildman–Crippen LogP) is 5.62. The lowest BCUT2D eigenvalue weighted by Crippen LogP contribution is -1.85. The van der Waals surface area contributed by atoms with Gasteiger partial charge in [-0.25, -0.2) is 4.39 Å². The summed E-state index contributed by atoms with van der Waals surface area (Å²) in [6, 6.07) is 13.3. The highest BCUT2D eigenvalue weighted by atomic mass is 19.1. The van der Waals surface area contributed by atoms with Gasteiger partial charge in [-0.1, -0.05) is 12.1 Å². The maximum Gasteiger partial charge on any atom is 0.124 e. The summed E-state index contributed by atoms with van der Waals surface area (Å²) in [5.41, 5.74) is 8.19. The average molecular weight is 422 g/mol. The van der Waals surface area contributed by atoms with Crippen molar-refractivity contribution < 1.29 is 4.39 Å². The maximum absolute atomic E-state index is 14.0. The minimum atomic E-state index is -0.256. The highest BCUT2D eigenvalue weighted by molar-refractivity contribution is 6.01. The first-order chi connectivity index (χ1) is 15.5. The van der Waals surface area contributed by atoms with Gasteiger partial charge < -0.3 is 4.98 Å². The Morgan fingerprint density at radius 3 is 2.59 bits per heavy atom. The van der Waals surface area contributed by atoms with Crippen LogP contribution in [0.5, 0.6) is 0 Å². The van der Waals surface area contributed by atoms with Gasteiger partial charge in [0, 0.05) is 41.3 Å². The fourth-order valence-electron chi connectivity index (χ4n) is 4.27. The van der Waals surface area contributed by atoms with Gasteiger partial charge in [0.1, 0.15) is 11.5 Å². The third-order valence-electron chi connectivity index (χ3n) is 5.75. The van der Waals surface area contributed by atoms with E-state index in [0.717, 1.165) is 61.0 Å². The third kappa shape index (κ3) is 2.98. The second kappa shape index (κ2) is 6.88. The summed E-state index contributed by atoms with van der Waals surface area (Å²) in [4.78, 5) is 7.81. The van der Waals surface area contributed by atoms with Crippen molar-refractivity contribution >= 4 is 21.8 Å². The molecule has 6 aromatic rings. The van der Waals surface area contributed by atoms with Crippen LogP contribution in [-0.4, -0.2) is 29.9 Å². The molecule has 0 spiro atoms. The molecule has 0 aliphatic rings. The predicted molar refractivity (Wildman–Crippen MR) is 124 cm³/mol. The first-order valence-corrected chi connectivity index (χ1v) is 10.3. The summed E-state index contributed by atoms with van der Waals surface area (Å²) in [5.74, 6) is -0.256. The second-order valence-electron chi connectivity index (χ2n) is 8.08. The summed E-state index contributed by atoms with van der Waals surface area (Å²) in [5, 5.41) is 13.9. The van der Waals surface area contributed by atoms with Crippen LogP contribution < -0.4 is 0 Å². The summed E-state index contributed by atoms with van der Waals surface area (Å²) >= 11 is 0. The van der Waals surface area contributed by atoms with Crippen molar-refractivity contribution in [2.75, 3.05) is 0 Å². The molecule has 0 bridgehead atoms. The molecule has 2 aromatic carbocycles. The standard InChI is InChI=1S/C25H19FN6/c1-14-5-16(7-18(26)6-14)21-11-27-12-24-19(21)9-23(29-24)25-20-8-15(3-4-22(20)30-31-25)17-10-28-32(2)13-17/h3-13,29H,1-2H3,(H,30,31). The van der Waals surface area contributed by atoms with E-state index >= 15 is 0 Å². The second-order valence-corrected chi connectivity index (χ2v) is 8.08. The number of halogens is 1. The van der Waals surface area contributed by atoms with Crippen molar-refractivity contribution in [2.24, 2.45) is 7.05 Å². The summed E-state index contributed by atoms with van der Waals surface area (Å²) in [6.45, 7) is 1.89. The molecule has 0 aliphatic carbocycles. The topological polar surface area (TPSA) is 75.2 Å². The van der Waals surface area contributed by atoms with Crippen molar-refractivity contribution in [2.45, 2.75) is 6.92 Å². The maximum atomic E-state index is 14.0. The van der Waals surface area contributed by atoms with E-state index in [9.17, 15) is 4.39 Å². The van der Waals surface area contributed by atoms with E-state index in [0.29, 0.717) is 0 Å². The van der Waals surface area contributed by atoms with Gasteiger partial charge in [-0.15, -0.1) is 0 Å². The number of hydrogen-bond acceptors (Lipinski definition) is 3. The molecular formula is C25H19FN6. The lowest BCUT2D eigenvalue weighted by atomic mass is 10.0. The van der Waals surface area contributed by atoms with Gasteiger partial charge in [-0.05, 0) is 53.9 Å².